The van der Waals surface area contributed by atoms with Crippen LogP contribution in [0.3, 0.4) is 0 Å². The second-order valence-corrected chi connectivity index (χ2v) is 12.7. The Bertz CT molecular complexity index is 1910. The van der Waals surface area contributed by atoms with Crippen LogP contribution in [-0.2, 0) is 9.84 Å². The number of phenols is 1. The predicted molar refractivity (Wildman–Crippen MR) is 177 cm³/mol. The van der Waals surface area contributed by atoms with Gasteiger partial charge in [-0.3, -0.25) is 4.90 Å². The summed E-state index contributed by atoms with van der Waals surface area (Å²) < 4.78 is 42.1. The van der Waals surface area contributed by atoms with Gasteiger partial charge in [-0.1, -0.05) is 25.1 Å². The summed E-state index contributed by atoms with van der Waals surface area (Å²) >= 11 is 0. The zero-order chi connectivity index (χ0) is 32.7. The summed E-state index contributed by atoms with van der Waals surface area (Å²) in [5.74, 6) is 1.66. The van der Waals surface area contributed by atoms with Crippen LogP contribution in [0.25, 0.3) is 21.9 Å². The van der Waals surface area contributed by atoms with Crippen molar-refractivity contribution in [2.24, 2.45) is 0 Å². The van der Waals surface area contributed by atoms with Gasteiger partial charge >= 0.3 is 5.97 Å². The van der Waals surface area contributed by atoms with Gasteiger partial charge in [-0.05, 0) is 102 Å². The molecule has 0 unspecified atom stereocenters. The van der Waals surface area contributed by atoms with Crippen LogP contribution in [0, 0.1) is 0 Å². The van der Waals surface area contributed by atoms with E-state index in [1.807, 2.05) is 36.4 Å². The van der Waals surface area contributed by atoms with E-state index in [0.717, 1.165) is 28.4 Å². The Balaban J connectivity index is 1.21. The molecule has 0 aliphatic rings. The number of phenolic OH excluding ortho intramolecular Hbond substituents is 1. The number of fused-ring (bicyclic) bond motifs is 1. The number of carboxylic acid groups (broad SMARTS) is 1. The van der Waals surface area contributed by atoms with E-state index in [4.69, 9.17) is 19.3 Å². The first-order valence-corrected chi connectivity index (χ1v) is 16.7. The number of likely N-dealkylation sites (N-methyl/N-ethyl adjacent to an activating group) is 1. The van der Waals surface area contributed by atoms with Gasteiger partial charge in [-0.25, -0.2) is 13.2 Å². The lowest BCUT2D eigenvalue weighted by Gasteiger charge is -2.20. The van der Waals surface area contributed by atoms with Gasteiger partial charge in [0.2, 0.25) is 0 Å². The van der Waals surface area contributed by atoms with Gasteiger partial charge in [-0.15, -0.1) is 0 Å². The lowest BCUT2D eigenvalue weighted by molar-refractivity contribution is 0.0696. The molecule has 0 atom stereocenters. The van der Waals surface area contributed by atoms with Crippen LogP contribution in [0.4, 0.5) is 0 Å². The number of carbonyl (C=O) groups is 1. The molecule has 5 aromatic carbocycles. The molecule has 2 N–H and O–H groups in total. The highest BCUT2D eigenvalue weighted by molar-refractivity contribution is 7.90. The molecule has 0 bridgehead atoms. The summed E-state index contributed by atoms with van der Waals surface area (Å²) in [6, 6.07) is 29.2. The van der Waals surface area contributed by atoms with Gasteiger partial charge in [0.15, 0.2) is 9.84 Å². The van der Waals surface area contributed by atoms with Crippen molar-refractivity contribution in [3.8, 4) is 39.9 Å². The Morgan fingerprint density at radius 2 is 1.35 bits per heavy atom. The van der Waals surface area contributed by atoms with Gasteiger partial charge in [-0.2, -0.15) is 0 Å². The molecule has 9 nitrogen and oxygen atoms in total. The van der Waals surface area contributed by atoms with Crippen LogP contribution in [-0.4, -0.2) is 68.6 Å². The van der Waals surface area contributed by atoms with Gasteiger partial charge in [0.1, 0.15) is 42.0 Å². The van der Waals surface area contributed by atoms with Crippen LogP contribution in [0.5, 0.6) is 28.7 Å². The van der Waals surface area contributed by atoms with Crippen molar-refractivity contribution in [1.29, 1.82) is 0 Å². The molecule has 0 fully saturated rings. The number of benzene rings is 5. The molecule has 0 radical (unpaired) electrons. The molecule has 0 aromatic heterocycles. The predicted octanol–water partition coefficient (Wildman–Crippen LogP) is 6.89. The second kappa shape index (κ2) is 14.4. The summed E-state index contributed by atoms with van der Waals surface area (Å²) in [6.07, 6.45) is 1.18. The van der Waals surface area contributed by atoms with Crippen molar-refractivity contribution in [2.45, 2.75) is 11.8 Å². The molecule has 46 heavy (non-hydrogen) atoms. The average Bonchev–Trinajstić information content (AvgIpc) is 3.04. The van der Waals surface area contributed by atoms with Gasteiger partial charge < -0.3 is 24.4 Å². The fourth-order valence-corrected chi connectivity index (χ4v) is 5.57. The quantitative estimate of drug-likeness (QED) is 0.134. The smallest absolute Gasteiger partial charge is 0.335 e. The Morgan fingerprint density at radius 3 is 1.91 bits per heavy atom. The van der Waals surface area contributed by atoms with Gasteiger partial charge in [0, 0.05) is 30.3 Å². The molecule has 0 saturated carbocycles. The molecule has 0 amide bonds. The van der Waals surface area contributed by atoms with Crippen LogP contribution in [0.2, 0.25) is 0 Å². The Morgan fingerprint density at radius 1 is 0.761 bits per heavy atom. The maximum Gasteiger partial charge on any atom is 0.335 e. The van der Waals surface area contributed by atoms with E-state index in [1.54, 1.807) is 54.6 Å². The zero-order valence-corrected chi connectivity index (χ0v) is 26.4. The molecule has 0 heterocycles. The number of rotatable bonds is 14. The van der Waals surface area contributed by atoms with Crippen LogP contribution < -0.4 is 14.2 Å². The Labute approximate surface area is 268 Å². The number of aromatic carboxylic acids is 1. The molecule has 5 aromatic rings. The van der Waals surface area contributed by atoms with E-state index in [9.17, 15) is 18.3 Å². The zero-order valence-electron chi connectivity index (χ0n) is 25.5. The maximum atomic E-state index is 12.0. The van der Waals surface area contributed by atoms with Crippen molar-refractivity contribution in [2.75, 3.05) is 39.1 Å². The minimum absolute atomic E-state index is 0.145. The van der Waals surface area contributed by atoms with Crippen molar-refractivity contribution in [1.82, 2.24) is 4.90 Å². The molecule has 5 rings (SSSR count). The second-order valence-electron chi connectivity index (χ2n) is 10.7. The number of sulfone groups is 1. The fourth-order valence-electron chi connectivity index (χ4n) is 4.94. The SMILES string of the molecule is CCN(CCOc1ccc(Oc2c(-c3ccc(S(C)(=O)=O)cc3)ccc3cc(O)ccc23)cc1)CCOc1ccc(C(=O)O)cc1. The van der Waals surface area contributed by atoms with E-state index in [1.165, 1.54) is 18.4 Å². The molecule has 10 heteroatoms. The van der Waals surface area contributed by atoms with E-state index >= 15 is 0 Å². The lowest BCUT2D eigenvalue weighted by Crippen LogP contribution is -2.32. The molecule has 0 aliphatic heterocycles. The van der Waals surface area contributed by atoms with E-state index < -0.39 is 15.8 Å². The summed E-state index contributed by atoms with van der Waals surface area (Å²) in [5, 5.41) is 20.7. The number of nitrogens with zero attached hydrogens (tertiary/aromatic N) is 1. The topological polar surface area (TPSA) is 123 Å². The first kappa shape index (κ1) is 32.3. The summed E-state index contributed by atoms with van der Waals surface area (Å²) in [6.45, 7) is 5.21. The first-order chi connectivity index (χ1) is 22.1. The number of aromatic hydroxyl groups is 1. The Kier molecular flexibility index (Phi) is 10.1. The molecule has 238 valence electrons. The van der Waals surface area contributed by atoms with Crippen molar-refractivity contribution in [3.05, 3.63) is 109 Å². The maximum absolute atomic E-state index is 12.0. The summed E-state index contributed by atoms with van der Waals surface area (Å²) in [5.41, 5.74) is 1.79. The number of hydrogen-bond donors (Lipinski definition) is 2. The monoisotopic (exact) mass is 641 g/mol. The highest BCUT2D eigenvalue weighted by Crippen LogP contribution is 2.41. The van der Waals surface area contributed by atoms with Crippen LogP contribution in [0.1, 0.15) is 17.3 Å². The molecule has 0 saturated heterocycles. The molecule has 0 spiro atoms. The number of ether oxygens (including phenoxy) is 3. The van der Waals surface area contributed by atoms with Gasteiger partial charge in [0.25, 0.3) is 0 Å². The summed E-state index contributed by atoms with van der Waals surface area (Å²) in [7, 11) is -3.33. The normalized spacial score (nSPS) is 11.5. The summed E-state index contributed by atoms with van der Waals surface area (Å²) in [4.78, 5) is 13.4. The highest BCUT2D eigenvalue weighted by atomic mass is 32.2. The largest absolute Gasteiger partial charge is 0.508 e. The van der Waals surface area contributed by atoms with E-state index in [-0.39, 0.29) is 16.2 Å². The minimum atomic E-state index is -3.33. The van der Waals surface area contributed by atoms with E-state index in [0.29, 0.717) is 49.3 Å². The van der Waals surface area contributed by atoms with E-state index in [2.05, 4.69) is 11.8 Å². The number of carboxylic acids is 1. The minimum Gasteiger partial charge on any atom is -0.508 e. The third-order valence-electron chi connectivity index (χ3n) is 7.49. The first-order valence-electron chi connectivity index (χ1n) is 14.8. The third-order valence-corrected chi connectivity index (χ3v) is 8.62. The lowest BCUT2D eigenvalue weighted by atomic mass is 9.99. The van der Waals surface area contributed by atoms with Crippen molar-refractivity contribution >= 4 is 26.6 Å². The molecular weight excluding hydrogens is 606 g/mol. The van der Waals surface area contributed by atoms with Crippen molar-refractivity contribution < 1.29 is 37.6 Å². The fraction of sp³-hybridized carbons (Fsp3) is 0.194. The number of hydrogen-bond acceptors (Lipinski definition) is 8. The molecular formula is C36H35NO8S. The van der Waals surface area contributed by atoms with Gasteiger partial charge in [0.05, 0.1) is 10.5 Å². The Hall–Kier alpha value is -5.06. The van der Waals surface area contributed by atoms with Crippen LogP contribution >= 0.6 is 0 Å². The molecule has 0 aliphatic carbocycles. The average molecular weight is 642 g/mol. The highest BCUT2D eigenvalue weighted by Gasteiger charge is 2.15. The standard InChI is InChI=1S/C36H35NO8S/c1-3-37(20-22-43-29-10-4-26(5-11-29)36(39)40)21-23-44-30-12-14-31(15-13-30)45-35-33(18-8-27-24-28(38)9-19-34(27)35)25-6-16-32(17-7-25)46(2,41)42/h4-19,24,38H,3,20-23H2,1-2H3,(H,39,40). The van der Waals surface area contributed by atoms with Crippen molar-refractivity contribution in [3.63, 3.8) is 0 Å². The third kappa shape index (κ3) is 8.15. The van der Waals surface area contributed by atoms with Crippen LogP contribution in [0.15, 0.2) is 108 Å².